The van der Waals surface area contributed by atoms with E-state index in [1.165, 1.54) is 17.4 Å². The molecule has 0 amide bonds. The van der Waals surface area contributed by atoms with Crippen molar-refractivity contribution in [3.05, 3.63) is 42.1 Å². The quantitative estimate of drug-likeness (QED) is 0.641. The van der Waals surface area contributed by atoms with Crippen LogP contribution in [0.15, 0.2) is 36.5 Å². The fourth-order valence-electron chi connectivity index (χ4n) is 2.78. The van der Waals surface area contributed by atoms with Gasteiger partial charge in [-0.3, -0.25) is 16.3 Å². The second-order valence-electron chi connectivity index (χ2n) is 5.90. The van der Waals surface area contributed by atoms with Crippen molar-refractivity contribution in [1.82, 2.24) is 10.4 Å². The molecule has 2 unspecified atom stereocenters. The molecule has 3 rings (SSSR count). The van der Waals surface area contributed by atoms with E-state index in [-0.39, 0.29) is 6.04 Å². The van der Waals surface area contributed by atoms with Crippen molar-refractivity contribution in [2.75, 3.05) is 0 Å². The van der Waals surface area contributed by atoms with Gasteiger partial charge < -0.3 is 0 Å². The number of pyridine rings is 1. The number of hydrogen-bond donors (Lipinski definition) is 2. The molecule has 2 atom stereocenters. The molecular formula is C15H19N3. The summed E-state index contributed by atoms with van der Waals surface area (Å²) in [6, 6.07) is 10.6. The Morgan fingerprint density at radius 2 is 2.11 bits per heavy atom. The number of rotatable bonds is 3. The minimum Gasteiger partial charge on any atom is -0.271 e. The maximum Gasteiger partial charge on any atom is 0.0702 e. The van der Waals surface area contributed by atoms with E-state index in [9.17, 15) is 0 Å². The molecular weight excluding hydrogens is 222 g/mol. The first-order valence-electron chi connectivity index (χ1n) is 6.43. The molecule has 1 fully saturated rings. The van der Waals surface area contributed by atoms with E-state index in [4.69, 9.17) is 5.84 Å². The van der Waals surface area contributed by atoms with Gasteiger partial charge in [-0.15, -0.1) is 0 Å². The predicted octanol–water partition coefficient (Wildman–Crippen LogP) is 2.79. The van der Waals surface area contributed by atoms with Gasteiger partial charge in [-0.1, -0.05) is 32.0 Å². The van der Waals surface area contributed by atoms with Crippen molar-refractivity contribution in [2.45, 2.75) is 26.3 Å². The molecule has 0 aliphatic heterocycles. The normalized spacial score (nSPS) is 22.9. The lowest BCUT2D eigenvalue weighted by Crippen LogP contribution is -2.30. The Balaban J connectivity index is 1.98. The maximum atomic E-state index is 5.73. The number of fused-ring (bicyclic) bond motifs is 1. The molecule has 1 heterocycles. The number of nitrogens with two attached hydrogens (primary N) is 1. The van der Waals surface area contributed by atoms with E-state index in [1.807, 2.05) is 24.4 Å². The highest BCUT2D eigenvalue weighted by Crippen LogP contribution is 2.57. The third-order valence-electron chi connectivity index (χ3n) is 4.14. The number of nitrogens with one attached hydrogen (secondary N) is 1. The third-order valence-corrected chi connectivity index (χ3v) is 4.14. The molecule has 1 saturated carbocycles. The lowest BCUT2D eigenvalue weighted by molar-refractivity contribution is 0.422. The van der Waals surface area contributed by atoms with Crippen LogP contribution in [0.2, 0.25) is 0 Å². The second kappa shape index (κ2) is 4.04. The largest absolute Gasteiger partial charge is 0.271 e. The first-order valence-corrected chi connectivity index (χ1v) is 6.43. The van der Waals surface area contributed by atoms with E-state index in [2.05, 4.69) is 36.4 Å². The molecule has 1 aliphatic rings. The Morgan fingerprint density at radius 3 is 2.78 bits per heavy atom. The van der Waals surface area contributed by atoms with Gasteiger partial charge in [-0.2, -0.15) is 0 Å². The summed E-state index contributed by atoms with van der Waals surface area (Å²) in [4.78, 5) is 4.51. The zero-order valence-electron chi connectivity index (χ0n) is 10.9. The fourth-order valence-corrected chi connectivity index (χ4v) is 2.78. The molecule has 3 N–H and O–H groups in total. The van der Waals surface area contributed by atoms with Crippen molar-refractivity contribution in [3.63, 3.8) is 0 Å². The topological polar surface area (TPSA) is 50.9 Å². The van der Waals surface area contributed by atoms with Crippen LogP contribution in [0.25, 0.3) is 10.9 Å². The lowest BCUT2D eigenvalue weighted by Gasteiger charge is -2.18. The molecule has 2 aromatic rings. The van der Waals surface area contributed by atoms with Crippen LogP contribution in [0.5, 0.6) is 0 Å². The molecule has 1 aromatic heterocycles. The highest BCUT2D eigenvalue weighted by molar-refractivity contribution is 5.78. The zero-order valence-corrected chi connectivity index (χ0v) is 10.9. The van der Waals surface area contributed by atoms with Crippen LogP contribution in [-0.4, -0.2) is 4.98 Å². The Bertz CT molecular complexity index is 577. The Labute approximate surface area is 107 Å². The summed E-state index contributed by atoms with van der Waals surface area (Å²) in [6.45, 7) is 4.58. The van der Waals surface area contributed by atoms with Crippen molar-refractivity contribution >= 4 is 10.9 Å². The van der Waals surface area contributed by atoms with Gasteiger partial charge in [0, 0.05) is 11.6 Å². The molecule has 0 saturated heterocycles. The van der Waals surface area contributed by atoms with Gasteiger partial charge in [0.15, 0.2) is 0 Å². The number of benzene rings is 1. The minimum atomic E-state index is 0.206. The average molecular weight is 241 g/mol. The molecule has 1 aromatic carbocycles. The van der Waals surface area contributed by atoms with Gasteiger partial charge in [-0.25, -0.2) is 0 Å². The van der Waals surface area contributed by atoms with E-state index < -0.39 is 0 Å². The smallest absolute Gasteiger partial charge is 0.0702 e. The monoisotopic (exact) mass is 241 g/mol. The van der Waals surface area contributed by atoms with Crippen LogP contribution in [0.3, 0.4) is 0 Å². The van der Waals surface area contributed by atoms with Gasteiger partial charge in [0.05, 0.1) is 11.6 Å². The predicted molar refractivity (Wildman–Crippen MR) is 73.7 cm³/mol. The molecule has 0 radical (unpaired) electrons. The number of hydrazine groups is 1. The Morgan fingerprint density at radius 1 is 1.39 bits per heavy atom. The molecule has 3 nitrogen and oxygen atoms in total. The van der Waals surface area contributed by atoms with E-state index in [1.54, 1.807) is 0 Å². The van der Waals surface area contributed by atoms with Crippen LogP contribution < -0.4 is 11.3 Å². The Hall–Kier alpha value is -1.45. The lowest BCUT2D eigenvalue weighted by atomic mass is 9.98. The summed E-state index contributed by atoms with van der Waals surface area (Å²) in [5.74, 6) is 6.34. The molecule has 1 aliphatic carbocycles. The summed E-state index contributed by atoms with van der Waals surface area (Å²) in [5, 5.41) is 1.17. The summed E-state index contributed by atoms with van der Waals surface area (Å²) < 4.78 is 0. The Kier molecular flexibility index (Phi) is 2.61. The van der Waals surface area contributed by atoms with Crippen LogP contribution in [0, 0.1) is 11.3 Å². The van der Waals surface area contributed by atoms with E-state index >= 15 is 0 Å². The summed E-state index contributed by atoms with van der Waals surface area (Å²) in [7, 11) is 0. The van der Waals surface area contributed by atoms with Crippen LogP contribution in [-0.2, 0) is 0 Å². The number of para-hydroxylation sites is 1. The SMILES string of the molecule is CC1(C)CC1C(NN)c1cnc2ccccc2c1. The average Bonchev–Trinajstić information content (AvgIpc) is 2.99. The van der Waals surface area contributed by atoms with Crippen molar-refractivity contribution in [1.29, 1.82) is 0 Å². The van der Waals surface area contributed by atoms with Gasteiger partial charge in [0.2, 0.25) is 0 Å². The minimum absolute atomic E-state index is 0.206. The first kappa shape index (κ1) is 11.6. The van der Waals surface area contributed by atoms with E-state index in [0.29, 0.717) is 11.3 Å². The first-order chi connectivity index (χ1) is 8.62. The van der Waals surface area contributed by atoms with Gasteiger partial charge >= 0.3 is 0 Å². The standard InChI is InChI=1S/C15H19N3/c1-15(2)8-12(15)14(18-16)11-7-10-5-3-4-6-13(10)17-9-11/h3-7,9,12,14,18H,8,16H2,1-2H3. The second-order valence-corrected chi connectivity index (χ2v) is 5.90. The number of nitrogens with zero attached hydrogens (tertiary/aromatic N) is 1. The van der Waals surface area contributed by atoms with Crippen LogP contribution in [0.4, 0.5) is 0 Å². The molecule has 0 spiro atoms. The van der Waals surface area contributed by atoms with Crippen LogP contribution in [0.1, 0.15) is 31.9 Å². The van der Waals surface area contributed by atoms with Crippen molar-refractivity contribution in [2.24, 2.45) is 17.2 Å². The summed E-state index contributed by atoms with van der Waals surface area (Å²) in [5.41, 5.74) is 5.57. The summed E-state index contributed by atoms with van der Waals surface area (Å²) in [6.07, 6.45) is 3.16. The third kappa shape index (κ3) is 1.89. The maximum absolute atomic E-state index is 5.73. The highest BCUT2D eigenvalue weighted by atomic mass is 15.2. The zero-order chi connectivity index (χ0) is 12.8. The van der Waals surface area contributed by atoms with Crippen LogP contribution >= 0.6 is 0 Å². The molecule has 3 heteroatoms. The number of hydrogen-bond acceptors (Lipinski definition) is 3. The molecule has 94 valence electrons. The molecule has 18 heavy (non-hydrogen) atoms. The number of aromatic nitrogens is 1. The van der Waals surface area contributed by atoms with E-state index in [0.717, 1.165) is 5.52 Å². The van der Waals surface area contributed by atoms with Gasteiger partial charge in [0.25, 0.3) is 0 Å². The fraction of sp³-hybridized carbons (Fsp3) is 0.400. The molecule has 0 bridgehead atoms. The summed E-state index contributed by atoms with van der Waals surface area (Å²) >= 11 is 0. The van der Waals surface area contributed by atoms with Crippen molar-refractivity contribution < 1.29 is 0 Å². The van der Waals surface area contributed by atoms with Gasteiger partial charge in [0.1, 0.15) is 0 Å². The highest BCUT2D eigenvalue weighted by Gasteiger charge is 2.50. The van der Waals surface area contributed by atoms with Crippen molar-refractivity contribution in [3.8, 4) is 0 Å². The van der Waals surface area contributed by atoms with Gasteiger partial charge in [-0.05, 0) is 35.4 Å².